The number of carbonyl (C=O) groups is 1. The van der Waals surface area contributed by atoms with E-state index in [-0.39, 0.29) is 5.91 Å². The number of anilines is 1. The maximum Gasteiger partial charge on any atom is 0.226 e. The van der Waals surface area contributed by atoms with E-state index in [1.165, 1.54) is 57.8 Å². The average Bonchev–Trinajstić information content (AvgIpc) is 2.60. The molecule has 0 saturated heterocycles. The summed E-state index contributed by atoms with van der Waals surface area (Å²) in [6, 6.07) is 9.64. The van der Waals surface area contributed by atoms with Crippen molar-refractivity contribution >= 4 is 28.9 Å². The molecule has 25 heavy (non-hydrogen) atoms. The second-order valence-corrected chi connectivity index (χ2v) is 7.06. The molecule has 0 atom stereocenters. The number of rotatable bonds is 13. The highest BCUT2D eigenvalue weighted by molar-refractivity contribution is 7.80. The molecule has 140 valence electrons. The van der Waals surface area contributed by atoms with Gasteiger partial charge in [-0.25, -0.2) is 0 Å². The number of thiocarbonyl (C=S) groups is 1. The van der Waals surface area contributed by atoms with Crippen LogP contribution in [-0.2, 0) is 4.79 Å². The maximum atomic E-state index is 11.9. The molecule has 0 aliphatic heterocycles. The lowest BCUT2D eigenvalue weighted by atomic mass is 10.1. The first-order valence-corrected chi connectivity index (χ1v) is 10.3. The minimum absolute atomic E-state index is 0.00403. The van der Waals surface area contributed by atoms with Crippen LogP contribution in [0.1, 0.15) is 84.0 Å². The van der Waals surface area contributed by atoms with Gasteiger partial charge in [-0.3, -0.25) is 4.79 Å². The normalized spacial score (nSPS) is 10.4. The largest absolute Gasteiger partial charge is 0.332 e. The Morgan fingerprint density at radius 2 is 1.36 bits per heavy atom. The van der Waals surface area contributed by atoms with Crippen molar-refractivity contribution in [3.05, 3.63) is 30.3 Å². The Morgan fingerprint density at radius 1 is 0.840 bits per heavy atom. The number of unbranched alkanes of at least 4 members (excludes halogenated alkanes) is 10. The number of benzene rings is 1. The molecular weight excluding hydrogens is 328 g/mol. The van der Waals surface area contributed by atoms with Crippen molar-refractivity contribution in [3.63, 3.8) is 0 Å². The van der Waals surface area contributed by atoms with Crippen LogP contribution in [0.2, 0.25) is 0 Å². The maximum absolute atomic E-state index is 11.9. The number of amides is 1. The van der Waals surface area contributed by atoms with Crippen molar-refractivity contribution in [2.75, 3.05) is 5.32 Å². The van der Waals surface area contributed by atoms with Gasteiger partial charge in [0, 0.05) is 12.1 Å². The Hall–Kier alpha value is -1.42. The molecule has 0 aromatic heterocycles. The van der Waals surface area contributed by atoms with Gasteiger partial charge in [0.15, 0.2) is 5.11 Å². The Kier molecular flexibility index (Phi) is 12.9. The first-order valence-electron chi connectivity index (χ1n) is 9.88. The number of para-hydroxylation sites is 1. The minimum Gasteiger partial charge on any atom is -0.332 e. The SMILES string of the molecule is CCCCCCCCCCCCCC(=O)NC(=S)Nc1ccccc1. The number of hydrogen-bond donors (Lipinski definition) is 2. The summed E-state index contributed by atoms with van der Waals surface area (Å²) in [6.45, 7) is 2.26. The van der Waals surface area contributed by atoms with Crippen molar-refractivity contribution in [3.8, 4) is 0 Å². The fourth-order valence-corrected chi connectivity index (χ4v) is 3.05. The minimum atomic E-state index is 0.00403. The first kappa shape index (κ1) is 21.6. The zero-order valence-corrected chi connectivity index (χ0v) is 16.5. The van der Waals surface area contributed by atoms with Gasteiger partial charge in [0.05, 0.1) is 0 Å². The van der Waals surface area contributed by atoms with E-state index < -0.39 is 0 Å². The van der Waals surface area contributed by atoms with E-state index >= 15 is 0 Å². The Labute approximate surface area is 159 Å². The smallest absolute Gasteiger partial charge is 0.226 e. The van der Waals surface area contributed by atoms with E-state index in [0.29, 0.717) is 11.5 Å². The molecular formula is C21H34N2OS. The van der Waals surface area contributed by atoms with Crippen LogP contribution in [0.25, 0.3) is 0 Å². The quantitative estimate of drug-likeness (QED) is 0.324. The van der Waals surface area contributed by atoms with Crippen molar-refractivity contribution < 1.29 is 4.79 Å². The van der Waals surface area contributed by atoms with E-state index in [9.17, 15) is 4.79 Å². The third-order valence-corrected chi connectivity index (χ3v) is 4.50. The molecule has 0 bridgehead atoms. The van der Waals surface area contributed by atoms with Gasteiger partial charge in [-0.1, -0.05) is 89.3 Å². The third-order valence-electron chi connectivity index (χ3n) is 4.29. The van der Waals surface area contributed by atoms with Crippen LogP contribution < -0.4 is 10.6 Å². The Bertz CT molecular complexity index is 476. The standard InChI is InChI=1S/C21H34N2OS/c1-2-3-4-5-6-7-8-9-10-11-15-18-20(24)23-21(25)22-19-16-13-12-14-17-19/h12-14,16-17H,2-11,15,18H2,1H3,(H2,22,23,24,25). The summed E-state index contributed by atoms with van der Waals surface area (Å²) in [7, 11) is 0. The summed E-state index contributed by atoms with van der Waals surface area (Å²) in [4.78, 5) is 11.9. The van der Waals surface area contributed by atoms with Crippen molar-refractivity contribution in [1.82, 2.24) is 5.32 Å². The van der Waals surface area contributed by atoms with Crippen molar-refractivity contribution in [1.29, 1.82) is 0 Å². The molecule has 1 rings (SSSR count). The fraction of sp³-hybridized carbons (Fsp3) is 0.619. The van der Waals surface area contributed by atoms with Gasteiger partial charge in [-0.05, 0) is 30.8 Å². The predicted molar refractivity (Wildman–Crippen MR) is 112 cm³/mol. The third kappa shape index (κ3) is 12.6. The van der Waals surface area contributed by atoms with E-state index in [0.717, 1.165) is 18.5 Å². The second-order valence-electron chi connectivity index (χ2n) is 6.65. The van der Waals surface area contributed by atoms with E-state index in [4.69, 9.17) is 12.2 Å². The molecule has 0 heterocycles. The fourth-order valence-electron chi connectivity index (χ4n) is 2.82. The van der Waals surface area contributed by atoms with Crippen molar-refractivity contribution in [2.45, 2.75) is 84.0 Å². The molecule has 2 N–H and O–H groups in total. The number of carbonyl (C=O) groups excluding carboxylic acids is 1. The Balaban J connectivity index is 1.92. The zero-order chi connectivity index (χ0) is 18.2. The van der Waals surface area contributed by atoms with Gasteiger partial charge in [0.2, 0.25) is 5.91 Å². The van der Waals surface area contributed by atoms with Crippen LogP contribution in [0.4, 0.5) is 5.69 Å². The molecule has 0 radical (unpaired) electrons. The van der Waals surface area contributed by atoms with E-state index in [1.54, 1.807) is 0 Å². The van der Waals surface area contributed by atoms with Gasteiger partial charge >= 0.3 is 0 Å². The summed E-state index contributed by atoms with van der Waals surface area (Å²) in [5.41, 5.74) is 0.891. The molecule has 0 unspecified atom stereocenters. The number of hydrogen-bond acceptors (Lipinski definition) is 2. The molecule has 0 aliphatic carbocycles. The summed E-state index contributed by atoms with van der Waals surface area (Å²) in [5.74, 6) is 0.00403. The van der Waals surface area contributed by atoms with Crippen LogP contribution in [-0.4, -0.2) is 11.0 Å². The summed E-state index contributed by atoms with van der Waals surface area (Å²) >= 11 is 5.16. The van der Waals surface area contributed by atoms with Crippen LogP contribution in [0.15, 0.2) is 30.3 Å². The van der Waals surface area contributed by atoms with Crippen LogP contribution in [0.3, 0.4) is 0 Å². The average molecular weight is 363 g/mol. The summed E-state index contributed by atoms with van der Waals surface area (Å²) in [6.07, 6.45) is 14.7. The molecule has 1 amide bonds. The lowest BCUT2D eigenvalue weighted by Crippen LogP contribution is -2.33. The summed E-state index contributed by atoms with van der Waals surface area (Å²) in [5, 5.41) is 6.13. The van der Waals surface area contributed by atoms with Crippen LogP contribution >= 0.6 is 12.2 Å². The van der Waals surface area contributed by atoms with Crippen LogP contribution in [0, 0.1) is 0 Å². The highest BCUT2D eigenvalue weighted by atomic mass is 32.1. The monoisotopic (exact) mass is 362 g/mol. The highest BCUT2D eigenvalue weighted by Gasteiger charge is 2.04. The van der Waals surface area contributed by atoms with Gasteiger partial charge < -0.3 is 10.6 Å². The second kappa shape index (κ2) is 14.9. The van der Waals surface area contributed by atoms with Crippen LogP contribution in [0.5, 0.6) is 0 Å². The first-order chi connectivity index (χ1) is 12.2. The molecule has 0 fully saturated rings. The van der Waals surface area contributed by atoms with Gasteiger partial charge in [0.25, 0.3) is 0 Å². The molecule has 4 heteroatoms. The van der Waals surface area contributed by atoms with E-state index in [1.807, 2.05) is 30.3 Å². The van der Waals surface area contributed by atoms with Crippen molar-refractivity contribution in [2.24, 2.45) is 0 Å². The molecule has 1 aromatic carbocycles. The topological polar surface area (TPSA) is 41.1 Å². The molecule has 0 saturated carbocycles. The molecule has 1 aromatic rings. The molecule has 3 nitrogen and oxygen atoms in total. The van der Waals surface area contributed by atoms with Gasteiger partial charge in [-0.2, -0.15) is 0 Å². The highest BCUT2D eigenvalue weighted by Crippen LogP contribution is 2.12. The number of nitrogens with one attached hydrogen (secondary N) is 2. The Morgan fingerprint density at radius 3 is 1.92 bits per heavy atom. The lowest BCUT2D eigenvalue weighted by molar-refractivity contribution is -0.119. The van der Waals surface area contributed by atoms with Gasteiger partial charge in [-0.15, -0.1) is 0 Å². The molecule has 0 aliphatic rings. The predicted octanol–water partition coefficient (Wildman–Crippen LogP) is 6.20. The summed E-state index contributed by atoms with van der Waals surface area (Å²) < 4.78 is 0. The lowest BCUT2D eigenvalue weighted by Gasteiger charge is -2.09. The van der Waals surface area contributed by atoms with E-state index in [2.05, 4.69) is 17.6 Å². The van der Waals surface area contributed by atoms with Gasteiger partial charge in [0.1, 0.15) is 0 Å². The molecule has 0 spiro atoms. The zero-order valence-electron chi connectivity index (χ0n) is 15.7.